The van der Waals surface area contributed by atoms with Crippen LogP contribution in [0.3, 0.4) is 0 Å². The van der Waals surface area contributed by atoms with Gasteiger partial charge in [0.15, 0.2) is 0 Å². The molecule has 3 aromatic carbocycles. The van der Waals surface area contributed by atoms with Gasteiger partial charge in [-0.1, -0.05) is 42.5 Å². The molecule has 2 amide bonds. The van der Waals surface area contributed by atoms with Crippen LogP contribution in [0.25, 0.3) is 21.5 Å². The minimum absolute atomic E-state index is 0.305. The number of rotatable bonds is 0. The van der Waals surface area contributed by atoms with Gasteiger partial charge in [-0.15, -0.1) is 0 Å². The normalized spacial score (nSPS) is 13.9. The number of amides is 2. The lowest BCUT2D eigenvalue weighted by atomic mass is 9.96. The van der Waals surface area contributed by atoms with Crippen molar-refractivity contribution in [2.75, 3.05) is 0 Å². The van der Waals surface area contributed by atoms with Gasteiger partial charge in [0.05, 0.1) is 11.1 Å². The predicted octanol–water partition coefficient (Wildman–Crippen LogP) is 2.88. The van der Waals surface area contributed by atoms with Crippen LogP contribution in [0.1, 0.15) is 20.7 Å². The van der Waals surface area contributed by atoms with Crippen LogP contribution in [0.2, 0.25) is 0 Å². The minimum atomic E-state index is -0.310. The maximum absolute atomic E-state index is 11.9. The van der Waals surface area contributed by atoms with E-state index in [9.17, 15) is 9.59 Å². The quantitative estimate of drug-likeness (QED) is 0.490. The molecule has 0 fully saturated rings. The van der Waals surface area contributed by atoms with Crippen LogP contribution < -0.4 is 5.32 Å². The summed E-state index contributed by atoms with van der Waals surface area (Å²) in [4.78, 5) is 23.5. The third-order valence-electron chi connectivity index (χ3n) is 3.62. The van der Waals surface area contributed by atoms with E-state index in [0.29, 0.717) is 11.1 Å². The molecule has 4 rings (SSSR count). The van der Waals surface area contributed by atoms with Gasteiger partial charge < -0.3 is 0 Å². The molecular formula is C16H9NO2. The fourth-order valence-corrected chi connectivity index (χ4v) is 2.76. The van der Waals surface area contributed by atoms with Crippen LogP contribution in [0.15, 0.2) is 48.5 Å². The number of fused-ring (bicyclic) bond motifs is 5. The standard InChI is InChI=1S/C16H9NO2/c18-15-13-8-7-11-10-4-2-1-3-9(10)5-6-12(11)14(13)16(19)17-15/h1-8H,(H,17,18,19). The molecule has 1 aliphatic heterocycles. The number of hydrogen-bond donors (Lipinski definition) is 1. The van der Waals surface area contributed by atoms with Crippen molar-refractivity contribution in [2.24, 2.45) is 0 Å². The van der Waals surface area contributed by atoms with E-state index in [1.54, 1.807) is 6.07 Å². The highest BCUT2D eigenvalue weighted by molar-refractivity contribution is 6.28. The summed E-state index contributed by atoms with van der Waals surface area (Å²) in [5, 5.41) is 6.40. The van der Waals surface area contributed by atoms with Gasteiger partial charge in [0, 0.05) is 0 Å². The summed E-state index contributed by atoms with van der Waals surface area (Å²) < 4.78 is 0. The fourth-order valence-electron chi connectivity index (χ4n) is 2.76. The average Bonchev–Trinajstić information content (AvgIpc) is 2.74. The van der Waals surface area contributed by atoms with Gasteiger partial charge >= 0.3 is 0 Å². The number of nitrogens with one attached hydrogen (secondary N) is 1. The van der Waals surface area contributed by atoms with E-state index >= 15 is 0 Å². The molecule has 0 atom stereocenters. The molecular weight excluding hydrogens is 238 g/mol. The Morgan fingerprint density at radius 1 is 0.684 bits per heavy atom. The highest BCUT2D eigenvalue weighted by Gasteiger charge is 2.28. The molecule has 0 bridgehead atoms. The van der Waals surface area contributed by atoms with Crippen LogP contribution in [-0.4, -0.2) is 11.8 Å². The summed E-state index contributed by atoms with van der Waals surface area (Å²) in [5.41, 5.74) is 0.959. The Morgan fingerprint density at radius 3 is 2.37 bits per heavy atom. The van der Waals surface area contributed by atoms with Crippen molar-refractivity contribution in [3.8, 4) is 0 Å². The van der Waals surface area contributed by atoms with Gasteiger partial charge in [-0.3, -0.25) is 14.9 Å². The Kier molecular flexibility index (Phi) is 1.85. The molecule has 0 radical (unpaired) electrons. The maximum atomic E-state index is 11.9. The van der Waals surface area contributed by atoms with Crippen molar-refractivity contribution in [3.05, 3.63) is 59.7 Å². The van der Waals surface area contributed by atoms with Gasteiger partial charge in [-0.25, -0.2) is 0 Å². The molecule has 19 heavy (non-hydrogen) atoms. The molecule has 1 heterocycles. The van der Waals surface area contributed by atoms with E-state index in [2.05, 4.69) is 5.32 Å². The van der Waals surface area contributed by atoms with Crippen LogP contribution in [-0.2, 0) is 0 Å². The highest BCUT2D eigenvalue weighted by Crippen LogP contribution is 2.31. The Labute approximate surface area is 108 Å². The Balaban J connectivity index is 2.23. The first-order valence-corrected chi connectivity index (χ1v) is 6.06. The monoisotopic (exact) mass is 247 g/mol. The summed E-state index contributed by atoms with van der Waals surface area (Å²) in [5.74, 6) is -0.615. The summed E-state index contributed by atoms with van der Waals surface area (Å²) in [6.07, 6.45) is 0. The Bertz CT molecular complexity index is 880. The summed E-state index contributed by atoms with van der Waals surface area (Å²) in [6.45, 7) is 0. The summed E-state index contributed by atoms with van der Waals surface area (Å²) >= 11 is 0. The van der Waals surface area contributed by atoms with Gasteiger partial charge in [-0.2, -0.15) is 0 Å². The van der Waals surface area contributed by atoms with E-state index in [4.69, 9.17) is 0 Å². The van der Waals surface area contributed by atoms with E-state index < -0.39 is 0 Å². The maximum Gasteiger partial charge on any atom is 0.259 e. The Hall–Kier alpha value is -2.68. The van der Waals surface area contributed by atoms with E-state index in [0.717, 1.165) is 21.5 Å². The van der Waals surface area contributed by atoms with Gasteiger partial charge in [0.2, 0.25) is 0 Å². The first kappa shape index (κ1) is 10.3. The molecule has 90 valence electrons. The van der Waals surface area contributed by atoms with Crippen LogP contribution in [0.5, 0.6) is 0 Å². The second-order valence-corrected chi connectivity index (χ2v) is 4.65. The third kappa shape index (κ3) is 1.27. The van der Waals surface area contributed by atoms with Crippen LogP contribution in [0.4, 0.5) is 0 Å². The van der Waals surface area contributed by atoms with Crippen molar-refractivity contribution in [1.29, 1.82) is 0 Å². The molecule has 0 aromatic heterocycles. The van der Waals surface area contributed by atoms with E-state index in [1.807, 2.05) is 42.5 Å². The number of carbonyl (C=O) groups is 2. The van der Waals surface area contributed by atoms with Crippen LogP contribution >= 0.6 is 0 Å². The van der Waals surface area contributed by atoms with Gasteiger partial charge in [0.1, 0.15) is 0 Å². The van der Waals surface area contributed by atoms with E-state index in [-0.39, 0.29) is 11.8 Å². The zero-order chi connectivity index (χ0) is 13.0. The largest absolute Gasteiger partial charge is 0.288 e. The van der Waals surface area contributed by atoms with Crippen molar-refractivity contribution in [2.45, 2.75) is 0 Å². The van der Waals surface area contributed by atoms with Gasteiger partial charge in [0.25, 0.3) is 11.8 Å². The Morgan fingerprint density at radius 2 is 1.47 bits per heavy atom. The van der Waals surface area contributed by atoms with Crippen molar-refractivity contribution < 1.29 is 9.59 Å². The number of imide groups is 1. The predicted molar refractivity (Wildman–Crippen MR) is 73.3 cm³/mol. The molecule has 0 unspecified atom stereocenters. The highest BCUT2D eigenvalue weighted by atomic mass is 16.2. The minimum Gasteiger partial charge on any atom is -0.288 e. The molecule has 0 spiro atoms. The van der Waals surface area contributed by atoms with E-state index in [1.165, 1.54) is 0 Å². The smallest absolute Gasteiger partial charge is 0.259 e. The molecule has 3 aromatic rings. The molecule has 1 aliphatic rings. The van der Waals surface area contributed by atoms with Gasteiger partial charge in [-0.05, 0) is 27.6 Å². The summed E-state index contributed by atoms with van der Waals surface area (Å²) in [6, 6.07) is 15.5. The zero-order valence-electron chi connectivity index (χ0n) is 9.94. The molecule has 0 saturated heterocycles. The van der Waals surface area contributed by atoms with Crippen molar-refractivity contribution in [3.63, 3.8) is 0 Å². The van der Waals surface area contributed by atoms with Crippen molar-refractivity contribution >= 4 is 33.4 Å². The number of benzene rings is 3. The number of hydrogen-bond acceptors (Lipinski definition) is 2. The van der Waals surface area contributed by atoms with Crippen molar-refractivity contribution in [1.82, 2.24) is 5.32 Å². The molecule has 3 nitrogen and oxygen atoms in total. The van der Waals surface area contributed by atoms with Crippen LogP contribution in [0, 0.1) is 0 Å². The molecule has 0 aliphatic carbocycles. The molecule has 0 saturated carbocycles. The first-order valence-electron chi connectivity index (χ1n) is 6.06. The first-order chi connectivity index (χ1) is 9.25. The average molecular weight is 247 g/mol. The fraction of sp³-hybridized carbons (Fsp3) is 0. The lowest BCUT2D eigenvalue weighted by Gasteiger charge is -2.06. The second-order valence-electron chi connectivity index (χ2n) is 4.65. The number of carbonyl (C=O) groups excluding carboxylic acids is 2. The SMILES string of the molecule is O=C1NC(=O)c2c1ccc1c2ccc2ccccc21. The zero-order valence-corrected chi connectivity index (χ0v) is 9.94. The lowest BCUT2D eigenvalue weighted by Crippen LogP contribution is -2.19. The second kappa shape index (κ2) is 3.42. The summed E-state index contributed by atoms with van der Waals surface area (Å²) in [7, 11) is 0. The third-order valence-corrected chi connectivity index (χ3v) is 3.62. The molecule has 3 heteroatoms. The topological polar surface area (TPSA) is 46.2 Å². The lowest BCUT2D eigenvalue weighted by molar-refractivity contribution is 0.0880. The molecule has 1 N–H and O–H groups in total.